The van der Waals surface area contributed by atoms with Crippen molar-refractivity contribution >= 4 is 0 Å². The molecule has 2 aromatic rings. The van der Waals surface area contributed by atoms with Gasteiger partial charge in [-0.05, 0) is 51.4 Å². The lowest BCUT2D eigenvalue weighted by molar-refractivity contribution is 0.114. The van der Waals surface area contributed by atoms with Crippen LogP contribution >= 0.6 is 0 Å². The Morgan fingerprint density at radius 2 is 1.84 bits per heavy atom. The molecular formula is C20H28N4O. The largest absolute Gasteiger partial charge is 0.490 e. The number of benzene rings is 1. The van der Waals surface area contributed by atoms with Crippen molar-refractivity contribution in [1.82, 2.24) is 20.2 Å². The number of ether oxygens (including phenoxy) is 1. The SMILES string of the molecule is Cc1nccnc1C(C)NCc1ccc(OC2CCN(C)CC2)cc1. The molecule has 5 nitrogen and oxygen atoms in total. The first-order chi connectivity index (χ1) is 12.1. The third-order valence-electron chi connectivity index (χ3n) is 4.83. The van der Waals surface area contributed by atoms with E-state index in [1.54, 1.807) is 12.4 Å². The Kier molecular flexibility index (Phi) is 6.00. The topological polar surface area (TPSA) is 50.3 Å². The maximum absolute atomic E-state index is 6.10. The normalized spacial score (nSPS) is 17.4. The summed E-state index contributed by atoms with van der Waals surface area (Å²) in [6.07, 6.45) is 6.04. The number of aryl methyl sites for hydroxylation is 1. The lowest BCUT2D eigenvalue weighted by Crippen LogP contribution is -2.35. The fourth-order valence-corrected chi connectivity index (χ4v) is 3.19. The molecule has 1 saturated heterocycles. The lowest BCUT2D eigenvalue weighted by Gasteiger charge is -2.29. The van der Waals surface area contributed by atoms with Gasteiger partial charge in [0.05, 0.1) is 11.4 Å². The van der Waals surface area contributed by atoms with E-state index in [0.717, 1.165) is 49.6 Å². The van der Waals surface area contributed by atoms with Crippen molar-refractivity contribution in [3.05, 3.63) is 53.6 Å². The predicted octanol–water partition coefficient (Wildman–Crippen LogP) is 3.11. The van der Waals surface area contributed by atoms with Gasteiger partial charge < -0.3 is 15.0 Å². The Labute approximate surface area is 150 Å². The van der Waals surface area contributed by atoms with Gasteiger partial charge in [0.25, 0.3) is 0 Å². The highest BCUT2D eigenvalue weighted by atomic mass is 16.5. The van der Waals surface area contributed by atoms with Gasteiger partial charge in [-0.15, -0.1) is 0 Å². The second-order valence-corrected chi connectivity index (χ2v) is 6.89. The minimum absolute atomic E-state index is 0.170. The average molecular weight is 340 g/mol. The van der Waals surface area contributed by atoms with Gasteiger partial charge in [-0.3, -0.25) is 9.97 Å². The molecule has 0 bridgehead atoms. The molecule has 1 aromatic carbocycles. The quantitative estimate of drug-likeness (QED) is 0.876. The van der Waals surface area contributed by atoms with E-state index in [-0.39, 0.29) is 6.04 Å². The summed E-state index contributed by atoms with van der Waals surface area (Å²) < 4.78 is 6.10. The third kappa shape index (κ3) is 5.00. The molecule has 1 aliphatic rings. The monoisotopic (exact) mass is 340 g/mol. The van der Waals surface area contributed by atoms with Crippen molar-refractivity contribution < 1.29 is 4.74 Å². The summed E-state index contributed by atoms with van der Waals surface area (Å²) in [5.74, 6) is 0.969. The molecule has 2 heterocycles. The molecule has 134 valence electrons. The maximum Gasteiger partial charge on any atom is 0.119 e. The number of likely N-dealkylation sites (tertiary alicyclic amines) is 1. The smallest absolute Gasteiger partial charge is 0.119 e. The minimum Gasteiger partial charge on any atom is -0.490 e. The summed E-state index contributed by atoms with van der Waals surface area (Å²) in [6, 6.07) is 8.59. The zero-order valence-electron chi connectivity index (χ0n) is 15.4. The summed E-state index contributed by atoms with van der Waals surface area (Å²) in [5.41, 5.74) is 3.22. The van der Waals surface area contributed by atoms with Gasteiger partial charge >= 0.3 is 0 Å². The molecule has 0 spiro atoms. The molecule has 0 aliphatic carbocycles. The van der Waals surface area contributed by atoms with Crippen LogP contribution in [0.4, 0.5) is 0 Å². The molecule has 0 radical (unpaired) electrons. The van der Waals surface area contributed by atoms with Crippen molar-refractivity contribution in [3.63, 3.8) is 0 Å². The number of rotatable bonds is 6. The van der Waals surface area contributed by atoms with Crippen molar-refractivity contribution in [2.24, 2.45) is 0 Å². The molecule has 1 atom stereocenters. The van der Waals surface area contributed by atoms with Crippen LogP contribution in [-0.2, 0) is 6.54 Å². The zero-order valence-corrected chi connectivity index (χ0v) is 15.4. The summed E-state index contributed by atoms with van der Waals surface area (Å²) in [4.78, 5) is 11.1. The van der Waals surface area contributed by atoms with E-state index in [1.165, 1.54) is 5.56 Å². The van der Waals surface area contributed by atoms with Gasteiger partial charge in [0.15, 0.2) is 0 Å². The summed E-state index contributed by atoms with van der Waals surface area (Å²) in [6.45, 7) is 7.15. The molecule has 3 rings (SSSR count). The minimum atomic E-state index is 0.170. The first kappa shape index (κ1) is 17.8. The zero-order chi connectivity index (χ0) is 17.6. The Morgan fingerprint density at radius 1 is 1.16 bits per heavy atom. The summed E-state index contributed by atoms with van der Waals surface area (Å²) in [5, 5.41) is 3.51. The number of piperidine rings is 1. The van der Waals surface area contributed by atoms with Gasteiger partial charge in [-0.1, -0.05) is 12.1 Å². The molecule has 5 heteroatoms. The van der Waals surface area contributed by atoms with Crippen molar-refractivity contribution in [3.8, 4) is 5.75 Å². The molecule has 0 saturated carbocycles. The van der Waals surface area contributed by atoms with Crippen molar-refractivity contribution in [2.75, 3.05) is 20.1 Å². The van der Waals surface area contributed by atoms with E-state index in [9.17, 15) is 0 Å². The van der Waals surface area contributed by atoms with Crippen LogP contribution in [0.3, 0.4) is 0 Å². The van der Waals surface area contributed by atoms with Gasteiger partial charge in [0, 0.05) is 38.1 Å². The second-order valence-electron chi connectivity index (χ2n) is 6.89. The van der Waals surface area contributed by atoms with Crippen LogP contribution in [0, 0.1) is 6.92 Å². The molecule has 1 fully saturated rings. The number of hydrogen-bond donors (Lipinski definition) is 1. The molecule has 0 amide bonds. The Hall–Kier alpha value is -1.98. The Morgan fingerprint density at radius 3 is 2.52 bits per heavy atom. The highest BCUT2D eigenvalue weighted by Crippen LogP contribution is 2.19. The number of aromatic nitrogens is 2. The van der Waals surface area contributed by atoms with Gasteiger partial charge in [-0.2, -0.15) is 0 Å². The van der Waals surface area contributed by atoms with Gasteiger partial charge in [0.1, 0.15) is 11.9 Å². The van der Waals surface area contributed by atoms with Crippen LogP contribution < -0.4 is 10.1 Å². The van der Waals surface area contributed by atoms with Crippen LogP contribution in [0.15, 0.2) is 36.7 Å². The third-order valence-corrected chi connectivity index (χ3v) is 4.83. The molecular weight excluding hydrogens is 312 g/mol. The fraction of sp³-hybridized carbons (Fsp3) is 0.500. The number of nitrogens with one attached hydrogen (secondary N) is 1. The summed E-state index contributed by atoms with van der Waals surface area (Å²) >= 11 is 0. The van der Waals surface area contributed by atoms with Gasteiger partial charge in [0.2, 0.25) is 0 Å². The Bertz CT molecular complexity index is 666. The average Bonchev–Trinajstić information content (AvgIpc) is 2.63. The van der Waals surface area contributed by atoms with E-state index in [0.29, 0.717) is 6.10 Å². The summed E-state index contributed by atoms with van der Waals surface area (Å²) in [7, 11) is 2.17. The second kappa shape index (κ2) is 8.41. The van der Waals surface area contributed by atoms with Gasteiger partial charge in [-0.25, -0.2) is 0 Å². The van der Waals surface area contributed by atoms with Crippen molar-refractivity contribution in [1.29, 1.82) is 0 Å². The van der Waals surface area contributed by atoms with E-state index in [2.05, 4.69) is 58.4 Å². The van der Waals surface area contributed by atoms with Crippen LogP contribution in [0.2, 0.25) is 0 Å². The van der Waals surface area contributed by atoms with E-state index >= 15 is 0 Å². The maximum atomic E-state index is 6.10. The standard InChI is InChI=1S/C20H28N4O/c1-15-20(22-11-10-21-15)16(2)23-14-17-4-6-18(7-5-17)25-19-8-12-24(3)13-9-19/h4-7,10-11,16,19,23H,8-9,12-14H2,1-3H3. The Balaban J connectivity index is 1.50. The van der Waals surface area contributed by atoms with Crippen LogP contribution in [-0.4, -0.2) is 41.1 Å². The lowest BCUT2D eigenvalue weighted by atomic mass is 10.1. The molecule has 25 heavy (non-hydrogen) atoms. The number of hydrogen-bond acceptors (Lipinski definition) is 5. The predicted molar refractivity (Wildman–Crippen MR) is 99.6 cm³/mol. The first-order valence-electron chi connectivity index (χ1n) is 9.07. The van der Waals surface area contributed by atoms with Crippen LogP contribution in [0.1, 0.15) is 42.8 Å². The fourth-order valence-electron chi connectivity index (χ4n) is 3.19. The van der Waals surface area contributed by atoms with E-state index in [1.807, 2.05) is 6.92 Å². The highest BCUT2D eigenvalue weighted by Gasteiger charge is 2.17. The highest BCUT2D eigenvalue weighted by molar-refractivity contribution is 5.27. The molecule has 1 aliphatic heterocycles. The first-order valence-corrected chi connectivity index (χ1v) is 9.07. The van der Waals surface area contributed by atoms with Crippen LogP contribution in [0.5, 0.6) is 5.75 Å². The van der Waals surface area contributed by atoms with E-state index in [4.69, 9.17) is 4.74 Å². The molecule has 1 unspecified atom stereocenters. The number of nitrogens with zero attached hydrogens (tertiary/aromatic N) is 3. The van der Waals surface area contributed by atoms with E-state index < -0.39 is 0 Å². The van der Waals surface area contributed by atoms with Crippen molar-refractivity contribution in [2.45, 2.75) is 45.4 Å². The molecule has 1 aromatic heterocycles. The van der Waals surface area contributed by atoms with Crippen LogP contribution in [0.25, 0.3) is 0 Å². The molecule has 1 N–H and O–H groups in total.